The van der Waals surface area contributed by atoms with Gasteiger partial charge >= 0.3 is 0 Å². The highest BCUT2D eigenvalue weighted by Crippen LogP contribution is 2.22. The zero-order valence-corrected chi connectivity index (χ0v) is 13.0. The molecule has 1 aromatic carbocycles. The predicted octanol–water partition coefficient (Wildman–Crippen LogP) is 1.92. The van der Waals surface area contributed by atoms with Crippen molar-refractivity contribution in [1.82, 2.24) is 4.31 Å². The molecular weight excluding hydrogens is 276 g/mol. The lowest BCUT2D eigenvalue weighted by molar-refractivity contribution is -0.0440. The summed E-state index contributed by atoms with van der Waals surface area (Å²) in [5, 5.41) is 3.15. The van der Waals surface area contributed by atoms with Gasteiger partial charge in [-0.15, -0.1) is 0 Å². The van der Waals surface area contributed by atoms with Crippen molar-refractivity contribution < 1.29 is 13.2 Å². The Morgan fingerprint density at radius 2 is 1.75 bits per heavy atom. The molecule has 2 rings (SSSR count). The molecule has 0 aromatic heterocycles. The van der Waals surface area contributed by atoms with Crippen LogP contribution in [0.1, 0.15) is 20.8 Å². The summed E-state index contributed by atoms with van der Waals surface area (Å²) in [5.74, 6) is 0. The maximum atomic E-state index is 12.6. The molecule has 0 aliphatic carbocycles. The summed E-state index contributed by atoms with van der Waals surface area (Å²) in [4.78, 5) is 0.334. The van der Waals surface area contributed by atoms with Gasteiger partial charge in [-0.3, -0.25) is 0 Å². The molecule has 112 valence electrons. The number of sulfonamides is 1. The largest absolute Gasteiger partial charge is 0.385 e. The van der Waals surface area contributed by atoms with Gasteiger partial charge in [-0.1, -0.05) is 0 Å². The number of morpholine rings is 1. The highest BCUT2D eigenvalue weighted by atomic mass is 32.2. The number of benzene rings is 1. The van der Waals surface area contributed by atoms with Crippen molar-refractivity contribution in [3.63, 3.8) is 0 Å². The van der Waals surface area contributed by atoms with Crippen LogP contribution in [0, 0.1) is 0 Å². The fourth-order valence-corrected chi connectivity index (χ4v) is 4.02. The first-order chi connectivity index (χ1) is 9.43. The molecule has 2 atom stereocenters. The minimum absolute atomic E-state index is 0.0745. The van der Waals surface area contributed by atoms with Gasteiger partial charge in [0.25, 0.3) is 0 Å². The molecule has 0 radical (unpaired) electrons. The second-order valence-corrected chi connectivity index (χ2v) is 7.07. The van der Waals surface area contributed by atoms with Crippen LogP contribution in [0.15, 0.2) is 29.2 Å². The van der Waals surface area contributed by atoms with E-state index in [1.807, 2.05) is 20.8 Å². The molecule has 1 aliphatic rings. The maximum absolute atomic E-state index is 12.6. The lowest BCUT2D eigenvalue weighted by Gasteiger charge is -2.34. The van der Waals surface area contributed by atoms with Crippen LogP contribution in [0.5, 0.6) is 0 Å². The molecule has 1 heterocycles. The number of hydrogen-bond acceptors (Lipinski definition) is 4. The van der Waals surface area contributed by atoms with Crippen molar-refractivity contribution >= 4 is 15.7 Å². The number of nitrogens with zero attached hydrogens (tertiary/aromatic N) is 1. The molecule has 1 saturated heterocycles. The molecule has 1 aromatic rings. The van der Waals surface area contributed by atoms with E-state index in [-0.39, 0.29) is 12.2 Å². The molecule has 6 heteroatoms. The monoisotopic (exact) mass is 298 g/mol. The highest BCUT2D eigenvalue weighted by molar-refractivity contribution is 7.89. The average Bonchev–Trinajstić information content (AvgIpc) is 2.38. The van der Waals surface area contributed by atoms with E-state index >= 15 is 0 Å². The molecule has 1 fully saturated rings. The number of nitrogens with one attached hydrogen (secondary N) is 1. The molecule has 0 bridgehead atoms. The molecule has 20 heavy (non-hydrogen) atoms. The summed E-state index contributed by atoms with van der Waals surface area (Å²) in [6.07, 6.45) is -0.149. The van der Waals surface area contributed by atoms with Crippen molar-refractivity contribution in [2.75, 3.05) is 25.0 Å². The van der Waals surface area contributed by atoms with Crippen LogP contribution in [-0.2, 0) is 14.8 Å². The molecular formula is C14H22N2O3S. The van der Waals surface area contributed by atoms with Crippen molar-refractivity contribution in [1.29, 1.82) is 0 Å². The number of hydrogen-bond donors (Lipinski definition) is 1. The Morgan fingerprint density at radius 1 is 1.20 bits per heavy atom. The van der Waals surface area contributed by atoms with Gasteiger partial charge in [-0.25, -0.2) is 8.42 Å². The first-order valence-corrected chi connectivity index (χ1v) is 8.37. The molecule has 0 amide bonds. The van der Waals surface area contributed by atoms with Gasteiger partial charge in [0.1, 0.15) is 0 Å². The highest BCUT2D eigenvalue weighted by Gasteiger charge is 2.32. The van der Waals surface area contributed by atoms with Crippen LogP contribution in [0.3, 0.4) is 0 Å². The Morgan fingerprint density at radius 3 is 2.25 bits per heavy atom. The summed E-state index contributed by atoms with van der Waals surface area (Å²) in [6.45, 7) is 7.41. The van der Waals surface area contributed by atoms with E-state index in [1.54, 1.807) is 24.3 Å². The van der Waals surface area contributed by atoms with Gasteiger partial charge in [-0.05, 0) is 45.0 Å². The molecule has 1 aliphatic heterocycles. The Labute approximate surface area is 121 Å². The topological polar surface area (TPSA) is 58.6 Å². The zero-order valence-electron chi connectivity index (χ0n) is 12.2. The molecule has 5 nitrogen and oxygen atoms in total. The summed E-state index contributed by atoms with van der Waals surface area (Å²) in [6, 6.07) is 6.89. The lowest BCUT2D eigenvalue weighted by Crippen LogP contribution is -2.48. The van der Waals surface area contributed by atoms with Gasteiger partial charge in [0.15, 0.2) is 0 Å². The second-order valence-electron chi connectivity index (χ2n) is 5.13. The Balaban J connectivity index is 2.21. The summed E-state index contributed by atoms with van der Waals surface area (Å²) in [5.41, 5.74) is 0.926. The van der Waals surface area contributed by atoms with E-state index < -0.39 is 10.0 Å². The van der Waals surface area contributed by atoms with Crippen LogP contribution in [-0.4, -0.2) is 44.6 Å². The summed E-state index contributed by atoms with van der Waals surface area (Å²) >= 11 is 0. The van der Waals surface area contributed by atoms with Gasteiger partial charge in [-0.2, -0.15) is 4.31 Å². The average molecular weight is 298 g/mol. The third-order valence-electron chi connectivity index (χ3n) is 3.26. The fourth-order valence-electron chi connectivity index (χ4n) is 2.42. The molecule has 2 unspecified atom stereocenters. The Kier molecular flexibility index (Phi) is 4.67. The van der Waals surface area contributed by atoms with E-state index in [1.165, 1.54) is 4.31 Å². The smallest absolute Gasteiger partial charge is 0.243 e. The summed E-state index contributed by atoms with van der Waals surface area (Å²) in [7, 11) is -3.43. The Bertz CT molecular complexity index is 532. The number of anilines is 1. The fraction of sp³-hybridized carbons (Fsp3) is 0.571. The minimum atomic E-state index is -3.43. The Hall–Kier alpha value is -1.11. The third kappa shape index (κ3) is 3.31. The second kappa shape index (κ2) is 6.11. The van der Waals surface area contributed by atoms with E-state index in [9.17, 15) is 8.42 Å². The van der Waals surface area contributed by atoms with Gasteiger partial charge < -0.3 is 10.1 Å². The molecule has 0 spiro atoms. The SMILES string of the molecule is CCNc1ccc(S(=O)(=O)N2CC(C)OC(C)C2)cc1. The van der Waals surface area contributed by atoms with Gasteiger partial charge in [0.05, 0.1) is 17.1 Å². The maximum Gasteiger partial charge on any atom is 0.243 e. The van der Waals surface area contributed by atoms with Crippen molar-refractivity contribution in [3.8, 4) is 0 Å². The molecule has 0 saturated carbocycles. The van der Waals surface area contributed by atoms with E-state index in [4.69, 9.17) is 4.74 Å². The predicted molar refractivity (Wildman–Crippen MR) is 79.4 cm³/mol. The van der Waals surface area contributed by atoms with Crippen LogP contribution in [0.4, 0.5) is 5.69 Å². The first kappa shape index (κ1) is 15.3. The normalized spacial score (nSPS) is 24.6. The lowest BCUT2D eigenvalue weighted by atomic mass is 10.3. The van der Waals surface area contributed by atoms with E-state index in [2.05, 4.69) is 5.32 Å². The van der Waals surface area contributed by atoms with Crippen molar-refractivity contribution in [2.24, 2.45) is 0 Å². The van der Waals surface area contributed by atoms with Crippen molar-refractivity contribution in [3.05, 3.63) is 24.3 Å². The standard InChI is InChI=1S/C14H22N2O3S/c1-4-15-13-5-7-14(8-6-13)20(17,18)16-9-11(2)19-12(3)10-16/h5-8,11-12,15H,4,9-10H2,1-3H3. The zero-order chi connectivity index (χ0) is 14.8. The quantitative estimate of drug-likeness (QED) is 0.922. The van der Waals surface area contributed by atoms with Crippen molar-refractivity contribution in [2.45, 2.75) is 37.9 Å². The van der Waals surface area contributed by atoms with Gasteiger partial charge in [0, 0.05) is 25.3 Å². The summed E-state index contributed by atoms with van der Waals surface area (Å²) < 4.78 is 32.3. The van der Waals surface area contributed by atoms with Crippen LogP contribution in [0.25, 0.3) is 0 Å². The van der Waals surface area contributed by atoms with Gasteiger partial charge in [0.2, 0.25) is 10.0 Å². The van der Waals surface area contributed by atoms with E-state index in [0.29, 0.717) is 18.0 Å². The first-order valence-electron chi connectivity index (χ1n) is 6.93. The van der Waals surface area contributed by atoms with Crippen LogP contribution in [0.2, 0.25) is 0 Å². The molecule has 1 N–H and O–H groups in total. The van der Waals surface area contributed by atoms with Crippen LogP contribution >= 0.6 is 0 Å². The number of ether oxygens (including phenoxy) is 1. The third-order valence-corrected chi connectivity index (χ3v) is 5.10. The van der Waals surface area contributed by atoms with E-state index in [0.717, 1.165) is 12.2 Å². The number of rotatable bonds is 4. The minimum Gasteiger partial charge on any atom is -0.385 e. The van der Waals surface area contributed by atoms with Crippen LogP contribution < -0.4 is 5.32 Å².